The largest absolute Gasteiger partial charge is 0.385 e. The zero-order chi connectivity index (χ0) is 10.9. The Morgan fingerprint density at radius 2 is 1.93 bits per heavy atom. The van der Waals surface area contributed by atoms with Crippen molar-refractivity contribution < 1.29 is 18.7 Å². The Balaban J connectivity index is 3.24. The van der Waals surface area contributed by atoms with Crippen LogP contribution in [0.3, 0.4) is 0 Å². The summed E-state index contributed by atoms with van der Waals surface area (Å²) in [6, 6.07) is 2.47. The number of carbonyl (C=O) groups is 1. The highest BCUT2D eigenvalue weighted by Crippen LogP contribution is 2.16. The summed E-state index contributed by atoms with van der Waals surface area (Å²) in [6.07, 6.45) is -1.33. The van der Waals surface area contributed by atoms with E-state index < -0.39 is 29.1 Å². The van der Waals surface area contributed by atoms with Crippen molar-refractivity contribution in [2.75, 3.05) is 0 Å². The molecule has 0 aliphatic rings. The van der Waals surface area contributed by atoms with E-state index in [-0.39, 0.29) is 5.56 Å². The predicted molar refractivity (Wildman–Crippen MR) is 47.1 cm³/mol. The molecule has 0 fully saturated rings. The average molecular weight is 200 g/mol. The van der Waals surface area contributed by atoms with Crippen molar-refractivity contribution in [2.24, 2.45) is 0 Å². The van der Waals surface area contributed by atoms with Gasteiger partial charge in [-0.15, -0.1) is 0 Å². The molecular formula is C10H10F2O2. The number of aryl methyl sites for hydroxylation is 1. The monoisotopic (exact) mass is 200 g/mol. The number of hydrogen-bond donors (Lipinski definition) is 1. The van der Waals surface area contributed by atoms with Crippen molar-refractivity contribution in [3.63, 3.8) is 0 Å². The molecule has 2 nitrogen and oxygen atoms in total. The van der Waals surface area contributed by atoms with E-state index in [1.54, 1.807) is 0 Å². The first-order valence-electron chi connectivity index (χ1n) is 4.12. The minimum Gasteiger partial charge on any atom is -0.385 e. The lowest BCUT2D eigenvalue weighted by atomic mass is 10.0. The van der Waals surface area contributed by atoms with Gasteiger partial charge in [-0.1, -0.05) is 6.07 Å². The van der Waals surface area contributed by atoms with Crippen molar-refractivity contribution in [1.29, 1.82) is 0 Å². The Kier molecular flexibility index (Phi) is 2.96. The van der Waals surface area contributed by atoms with Crippen molar-refractivity contribution in [3.8, 4) is 0 Å². The molecule has 0 heterocycles. The summed E-state index contributed by atoms with van der Waals surface area (Å²) >= 11 is 0. The molecule has 1 atom stereocenters. The van der Waals surface area contributed by atoms with Gasteiger partial charge in [-0.2, -0.15) is 0 Å². The van der Waals surface area contributed by atoms with Crippen LogP contribution in [-0.4, -0.2) is 17.0 Å². The van der Waals surface area contributed by atoms with Crippen LogP contribution in [0.4, 0.5) is 8.78 Å². The average Bonchev–Trinajstić information content (AvgIpc) is 2.13. The molecule has 0 saturated heterocycles. The molecule has 0 aliphatic heterocycles. The molecular weight excluding hydrogens is 190 g/mol. The third-order valence-corrected chi connectivity index (χ3v) is 1.92. The lowest BCUT2D eigenvalue weighted by Gasteiger charge is -2.06. The first-order chi connectivity index (χ1) is 6.45. The van der Waals surface area contributed by atoms with Crippen molar-refractivity contribution in [2.45, 2.75) is 20.0 Å². The van der Waals surface area contributed by atoms with E-state index in [9.17, 15) is 13.6 Å². The molecule has 0 saturated carbocycles. The zero-order valence-electron chi connectivity index (χ0n) is 7.84. The van der Waals surface area contributed by atoms with Crippen LogP contribution >= 0.6 is 0 Å². The summed E-state index contributed by atoms with van der Waals surface area (Å²) in [6.45, 7) is 2.61. The first kappa shape index (κ1) is 10.8. The van der Waals surface area contributed by atoms with Crippen LogP contribution in [-0.2, 0) is 0 Å². The van der Waals surface area contributed by atoms with E-state index in [1.165, 1.54) is 26.0 Å². The maximum atomic E-state index is 13.2. The highest BCUT2D eigenvalue weighted by atomic mass is 19.2. The lowest BCUT2D eigenvalue weighted by Crippen LogP contribution is -2.18. The van der Waals surface area contributed by atoms with E-state index >= 15 is 0 Å². The van der Waals surface area contributed by atoms with Gasteiger partial charge in [0.05, 0.1) is 5.56 Å². The summed E-state index contributed by atoms with van der Waals surface area (Å²) < 4.78 is 26.2. The third kappa shape index (κ3) is 1.80. The van der Waals surface area contributed by atoms with Gasteiger partial charge >= 0.3 is 0 Å². The van der Waals surface area contributed by atoms with E-state index in [4.69, 9.17) is 5.11 Å². The van der Waals surface area contributed by atoms with E-state index in [1.807, 2.05) is 0 Å². The van der Waals surface area contributed by atoms with Crippen LogP contribution in [0.2, 0.25) is 0 Å². The molecule has 4 heteroatoms. The highest BCUT2D eigenvalue weighted by molar-refractivity contribution is 5.99. The van der Waals surface area contributed by atoms with Gasteiger partial charge in [0.25, 0.3) is 0 Å². The molecule has 0 spiro atoms. The second-order valence-electron chi connectivity index (χ2n) is 3.10. The van der Waals surface area contributed by atoms with Crippen LogP contribution in [0, 0.1) is 18.6 Å². The summed E-state index contributed by atoms with van der Waals surface area (Å²) in [5.41, 5.74) is -0.284. The molecule has 1 rings (SSSR count). The van der Waals surface area contributed by atoms with Crippen LogP contribution in [0.5, 0.6) is 0 Å². The zero-order valence-corrected chi connectivity index (χ0v) is 7.84. The number of hydrogen-bond acceptors (Lipinski definition) is 2. The highest BCUT2D eigenvalue weighted by Gasteiger charge is 2.19. The number of Topliss-reactive ketones (excluding diaryl/α,β-unsaturated/α-hetero) is 1. The van der Waals surface area contributed by atoms with E-state index in [0.717, 1.165) is 0 Å². The molecule has 76 valence electrons. The Hall–Kier alpha value is -1.29. The molecule has 0 aliphatic carbocycles. The molecule has 0 aromatic heterocycles. The number of halogens is 2. The number of ketones is 1. The van der Waals surface area contributed by atoms with Crippen LogP contribution in [0.15, 0.2) is 12.1 Å². The maximum absolute atomic E-state index is 13.2. The molecule has 1 N–H and O–H groups in total. The van der Waals surface area contributed by atoms with Gasteiger partial charge in [0.1, 0.15) is 6.10 Å². The smallest absolute Gasteiger partial charge is 0.194 e. The van der Waals surface area contributed by atoms with Crippen molar-refractivity contribution >= 4 is 5.78 Å². The second kappa shape index (κ2) is 3.84. The normalized spacial score (nSPS) is 12.6. The third-order valence-electron chi connectivity index (χ3n) is 1.92. The molecule has 1 unspecified atom stereocenters. The molecule has 0 amide bonds. The van der Waals surface area contributed by atoms with Crippen molar-refractivity contribution in [1.82, 2.24) is 0 Å². The van der Waals surface area contributed by atoms with Gasteiger partial charge in [0.2, 0.25) is 0 Å². The molecule has 1 aromatic rings. The van der Waals surface area contributed by atoms with Crippen LogP contribution in [0.25, 0.3) is 0 Å². The van der Waals surface area contributed by atoms with Crippen LogP contribution in [0.1, 0.15) is 22.8 Å². The number of aliphatic hydroxyl groups is 1. The van der Waals surface area contributed by atoms with Gasteiger partial charge in [-0.25, -0.2) is 8.78 Å². The molecule has 0 radical (unpaired) electrons. The number of carbonyl (C=O) groups excluding carboxylic acids is 1. The molecule has 1 aromatic carbocycles. The van der Waals surface area contributed by atoms with Gasteiger partial charge in [-0.05, 0) is 25.5 Å². The predicted octanol–water partition coefficient (Wildman–Crippen LogP) is 1.84. The summed E-state index contributed by atoms with van der Waals surface area (Å²) in [5, 5.41) is 8.92. The van der Waals surface area contributed by atoms with Gasteiger partial charge in [0, 0.05) is 0 Å². The summed E-state index contributed by atoms with van der Waals surface area (Å²) in [7, 11) is 0. The summed E-state index contributed by atoms with van der Waals surface area (Å²) in [4.78, 5) is 11.2. The number of aliphatic hydroxyl groups excluding tert-OH is 1. The maximum Gasteiger partial charge on any atom is 0.194 e. The fourth-order valence-corrected chi connectivity index (χ4v) is 1.06. The fourth-order valence-electron chi connectivity index (χ4n) is 1.06. The Morgan fingerprint density at radius 1 is 1.36 bits per heavy atom. The number of rotatable bonds is 2. The Bertz CT molecular complexity index is 373. The Labute approximate surface area is 80.2 Å². The van der Waals surface area contributed by atoms with Crippen LogP contribution < -0.4 is 0 Å². The van der Waals surface area contributed by atoms with Crippen molar-refractivity contribution in [3.05, 3.63) is 34.9 Å². The standard InChI is InChI=1S/C10H10F2O2/c1-5-3-4-7(9(12)8(5)11)10(14)6(2)13/h3-4,6,13H,1-2H3. The second-order valence-corrected chi connectivity index (χ2v) is 3.10. The first-order valence-corrected chi connectivity index (χ1v) is 4.12. The minimum absolute atomic E-state index is 0.129. The minimum atomic E-state index is -1.33. The quantitative estimate of drug-likeness (QED) is 0.739. The molecule has 0 bridgehead atoms. The summed E-state index contributed by atoms with van der Waals surface area (Å²) in [5.74, 6) is -3.06. The van der Waals surface area contributed by atoms with Gasteiger partial charge < -0.3 is 5.11 Å². The van der Waals surface area contributed by atoms with E-state index in [2.05, 4.69) is 0 Å². The fraction of sp³-hybridized carbons (Fsp3) is 0.300. The lowest BCUT2D eigenvalue weighted by molar-refractivity contribution is 0.0774. The van der Waals surface area contributed by atoms with Gasteiger partial charge in [-0.3, -0.25) is 4.79 Å². The Morgan fingerprint density at radius 3 is 2.43 bits per heavy atom. The van der Waals surface area contributed by atoms with E-state index in [0.29, 0.717) is 0 Å². The van der Waals surface area contributed by atoms with Gasteiger partial charge in [0.15, 0.2) is 17.4 Å². The molecule has 14 heavy (non-hydrogen) atoms. The topological polar surface area (TPSA) is 37.3 Å². The number of benzene rings is 1. The SMILES string of the molecule is Cc1ccc(C(=O)C(C)O)c(F)c1F.